The predicted octanol–water partition coefficient (Wildman–Crippen LogP) is 3.19. The number of carbonyl (C=O) groups is 2. The van der Waals surface area contributed by atoms with Gasteiger partial charge in [-0.3, -0.25) is 14.5 Å². The molecule has 0 radical (unpaired) electrons. The van der Waals surface area contributed by atoms with Crippen LogP contribution in [0.5, 0.6) is 0 Å². The quantitative estimate of drug-likeness (QED) is 0.701. The summed E-state index contributed by atoms with van der Waals surface area (Å²) in [7, 11) is 0. The van der Waals surface area contributed by atoms with Crippen LogP contribution >= 0.6 is 11.3 Å². The third kappa shape index (κ3) is 4.30. The standard InChI is InChI=1S/C24H28N4O3S.H2/c1-16-2-7-21(23(29)26-16)28-14-19-20(24(28)30)15-32-22(19)12-25-18-5-3-17(4-6-18)13-27-8-10-31-11-9-27;/h3-6,15,21,25H,1-2,7-14H2,(H,26,29);1H/t21-;/m0./s1. The number of morpholine rings is 1. The number of rotatable bonds is 6. The number of thiophene rings is 1. The summed E-state index contributed by atoms with van der Waals surface area (Å²) in [6.45, 7) is 9.52. The van der Waals surface area contributed by atoms with E-state index in [-0.39, 0.29) is 13.2 Å². The molecule has 3 aliphatic heterocycles. The van der Waals surface area contributed by atoms with Crippen LogP contribution < -0.4 is 10.6 Å². The van der Waals surface area contributed by atoms with Crippen molar-refractivity contribution in [2.24, 2.45) is 0 Å². The molecule has 0 aliphatic carbocycles. The highest BCUT2D eigenvalue weighted by Gasteiger charge is 2.39. The van der Waals surface area contributed by atoms with Gasteiger partial charge in [0, 0.05) is 55.8 Å². The molecular formula is C24H30N4O3S. The van der Waals surface area contributed by atoms with Gasteiger partial charge >= 0.3 is 0 Å². The van der Waals surface area contributed by atoms with Crippen molar-refractivity contribution in [2.45, 2.75) is 38.5 Å². The van der Waals surface area contributed by atoms with E-state index >= 15 is 0 Å². The number of piperidine rings is 1. The molecule has 2 fully saturated rings. The Morgan fingerprint density at radius 2 is 2.00 bits per heavy atom. The number of fused-ring (bicyclic) bond motifs is 1. The average molecular weight is 455 g/mol. The lowest BCUT2D eigenvalue weighted by atomic mass is 10.0. The lowest BCUT2D eigenvalue weighted by Gasteiger charge is -2.31. The molecule has 5 rings (SSSR count). The van der Waals surface area contributed by atoms with Gasteiger partial charge < -0.3 is 20.3 Å². The summed E-state index contributed by atoms with van der Waals surface area (Å²) in [4.78, 5) is 30.6. The minimum absolute atomic E-state index is 0. The van der Waals surface area contributed by atoms with Crippen LogP contribution in [0.2, 0.25) is 0 Å². The Morgan fingerprint density at radius 3 is 2.75 bits per heavy atom. The molecule has 8 heteroatoms. The van der Waals surface area contributed by atoms with E-state index in [9.17, 15) is 9.59 Å². The van der Waals surface area contributed by atoms with E-state index < -0.39 is 6.04 Å². The minimum Gasteiger partial charge on any atom is -0.380 e. The number of carbonyl (C=O) groups excluding carboxylic acids is 2. The van der Waals surface area contributed by atoms with Gasteiger partial charge in [-0.2, -0.15) is 0 Å². The zero-order chi connectivity index (χ0) is 22.1. The maximum Gasteiger partial charge on any atom is 0.256 e. The summed E-state index contributed by atoms with van der Waals surface area (Å²) in [5.41, 5.74) is 4.87. The molecule has 0 spiro atoms. The molecule has 7 nitrogen and oxygen atoms in total. The van der Waals surface area contributed by atoms with Gasteiger partial charge in [0.05, 0.1) is 18.8 Å². The molecule has 4 heterocycles. The number of hydrogen-bond acceptors (Lipinski definition) is 6. The molecule has 1 atom stereocenters. The van der Waals surface area contributed by atoms with Crippen LogP contribution in [0.25, 0.3) is 0 Å². The van der Waals surface area contributed by atoms with E-state index in [4.69, 9.17) is 4.74 Å². The number of ether oxygens (including phenoxy) is 1. The number of benzene rings is 1. The van der Waals surface area contributed by atoms with Gasteiger partial charge in [-0.15, -0.1) is 11.3 Å². The van der Waals surface area contributed by atoms with E-state index in [2.05, 4.69) is 46.4 Å². The van der Waals surface area contributed by atoms with Crippen LogP contribution in [0.4, 0.5) is 5.69 Å². The highest BCUT2D eigenvalue weighted by molar-refractivity contribution is 7.10. The van der Waals surface area contributed by atoms with Crippen molar-refractivity contribution in [1.29, 1.82) is 0 Å². The molecule has 2 saturated heterocycles. The Labute approximate surface area is 193 Å². The van der Waals surface area contributed by atoms with Gasteiger partial charge in [-0.05, 0) is 36.1 Å². The maximum absolute atomic E-state index is 12.9. The first-order chi connectivity index (χ1) is 15.6. The second-order valence-electron chi connectivity index (χ2n) is 8.57. The van der Waals surface area contributed by atoms with Crippen molar-refractivity contribution in [3.05, 3.63) is 63.5 Å². The minimum atomic E-state index is -0.412. The number of allylic oxidation sites excluding steroid dienone is 1. The van der Waals surface area contributed by atoms with Gasteiger partial charge in [0.15, 0.2) is 0 Å². The molecule has 0 unspecified atom stereocenters. The van der Waals surface area contributed by atoms with Crippen molar-refractivity contribution >= 4 is 28.8 Å². The SMILES string of the molecule is C=C1CC[C@H](N2Cc3c(csc3CNc3ccc(CN4CCOCC4)cc3)C2=O)C(=O)N1.[HH]. The highest BCUT2D eigenvalue weighted by Crippen LogP contribution is 2.34. The number of amides is 2. The van der Waals surface area contributed by atoms with Crippen LogP contribution in [0.3, 0.4) is 0 Å². The van der Waals surface area contributed by atoms with Crippen molar-refractivity contribution in [3.8, 4) is 0 Å². The molecule has 3 aliphatic rings. The molecule has 2 N–H and O–H groups in total. The van der Waals surface area contributed by atoms with Crippen molar-refractivity contribution in [1.82, 2.24) is 15.1 Å². The number of anilines is 1. The molecule has 32 heavy (non-hydrogen) atoms. The van der Waals surface area contributed by atoms with E-state index in [1.54, 1.807) is 16.2 Å². The van der Waals surface area contributed by atoms with Crippen LogP contribution in [0.15, 0.2) is 41.9 Å². The zero-order valence-electron chi connectivity index (χ0n) is 18.1. The number of hydrogen-bond donors (Lipinski definition) is 2. The number of nitrogens with one attached hydrogen (secondary N) is 2. The van der Waals surface area contributed by atoms with Crippen molar-refractivity contribution < 1.29 is 15.8 Å². The first-order valence-corrected chi connectivity index (χ1v) is 12.0. The molecule has 0 bridgehead atoms. The van der Waals surface area contributed by atoms with Crippen molar-refractivity contribution in [3.63, 3.8) is 0 Å². The Kier molecular flexibility index (Phi) is 5.99. The molecule has 2 amide bonds. The fourth-order valence-electron chi connectivity index (χ4n) is 4.56. The smallest absolute Gasteiger partial charge is 0.256 e. The van der Waals surface area contributed by atoms with Crippen molar-refractivity contribution in [2.75, 3.05) is 31.6 Å². The second kappa shape index (κ2) is 9.05. The van der Waals surface area contributed by atoms with E-state index in [1.165, 1.54) is 5.56 Å². The normalized spacial score (nSPS) is 21.6. The molecule has 1 aromatic heterocycles. The number of nitrogens with zero attached hydrogens (tertiary/aromatic N) is 2. The highest BCUT2D eigenvalue weighted by atomic mass is 32.1. The third-order valence-electron chi connectivity index (χ3n) is 6.42. The summed E-state index contributed by atoms with van der Waals surface area (Å²) in [5.74, 6) is -0.164. The Hall–Kier alpha value is -2.68. The lowest BCUT2D eigenvalue weighted by Crippen LogP contribution is -2.49. The molecule has 0 saturated carbocycles. The lowest BCUT2D eigenvalue weighted by molar-refractivity contribution is -0.126. The van der Waals surface area contributed by atoms with Gasteiger partial charge in [-0.1, -0.05) is 18.7 Å². The van der Waals surface area contributed by atoms with Crippen LogP contribution in [-0.4, -0.2) is 54.0 Å². The fourth-order valence-corrected chi connectivity index (χ4v) is 5.54. The first kappa shape index (κ1) is 21.2. The summed E-state index contributed by atoms with van der Waals surface area (Å²) >= 11 is 1.61. The monoisotopic (exact) mass is 454 g/mol. The largest absolute Gasteiger partial charge is 0.380 e. The predicted molar refractivity (Wildman–Crippen MR) is 126 cm³/mol. The van der Waals surface area contributed by atoms with E-state index in [0.717, 1.165) is 60.2 Å². The van der Waals surface area contributed by atoms with Crippen LogP contribution in [0.1, 0.15) is 40.6 Å². The van der Waals surface area contributed by atoms with Gasteiger partial charge in [0.2, 0.25) is 5.91 Å². The molecule has 170 valence electrons. The Balaban J connectivity index is 0.00000259. The Bertz CT molecular complexity index is 1030. The van der Waals surface area contributed by atoms with Gasteiger partial charge in [0.25, 0.3) is 5.91 Å². The summed E-state index contributed by atoms with van der Waals surface area (Å²) in [6.07, 6.45) is 1.34. The van der Waals surface area contributed by atoms with E-state index in [1.807, 2.05) is 5.38 Å². The fraction of sp³-hybridized carbons (Fsp3) is 0.417. The third-order valence-corrected chi connectivity index (χ3v) is 7.44. The molecule has 2 aromatic rings. The maximum atomic E-state index is 12.9. The summed E-state index contributed by atoms with van der Waals surface area (Å²) < 4.78 is 5.41. The molecule has 1 aromatic carbocycles. The average Bonchev–Trinajstić information content (AvgIpc) is 3.34. The Morgan fingerprint density at radius 1 is 1.22 bits per heavy atom. The molecular weight excluding hydrogens is 424 g/mol. The summed E-state index contributed by atoms with van der Waals surface area (Å²) in [5, 5.41) is 8.21. The van der Waals surface area contributed by atoms with Crippen LogP contribution in [-0.2, 0) is 29.2 Å². The van der Waals surface area contributed by atoms with E-state index in [0.29, 0.717) is 25.9 Å². The zero-order valence-corrected chi connectivity index (χ0v) is 18.9. The van der Waals surface area contributed by atoms with Crippen LogP contribution in [0, 0.1) is 0 Å². The second-order valence-corrected chi connectivity index (χ2v) is 9.53. The first-order valence-electron chi connectivity index (χ1n) is 11.1. The summed E-state index contributed by atoms with van der Waals surface area (Å²) in [6, 6.07) is 8.14. The van der Waals surface area contributed by atoms with Gasteiger partial charge in [-0.25, -0.2) is 0 Å². The van der Waals surface area contributed by atoms with Gasteiger partial charge in [0.1, 0.15) is 6.04 Å². The topological polar surface area (TPSA) is 73.9 Å².